The Kier molecular flexibility index (Phi) is 3.78. The highest BCUT2D eigenvalue weighted by Gasteiger charge is 2.38. The minimum absolute atomic E-state index is 0.0294. The van der Waals surface area contributed by atoms with Gasteiger partial charge in [0.1, 0.15) is 0 Å². The van der Waals surface area contributed by atoms with Crippen LogP contribution in [0.1, 0.15) is 42.8 Å². The van der Waals surface area contributed by atoms with Crippen molar-refractivity contribution in [1.82, 2.24) is 9.88 Å². The van der Waals surface area contributed by atoms with Crippen LogP contribution in [-0.2, 0) is 0 Å². The lowest BCUT2D eigenvalue weighted by Gasteiger charge is -2.37. The highest BCUT2D eigenvalue weighted by atomic mass is 32.1. The molecule has 1 aromatic heterocycles. The van der Waals surface area contributed by atoms with E-state index in [1.54, 1.807) is 16.8 Å². The normalized spacial score (nSPS) is 22.6. The van der Waals surface area contributed by atoms with E-state index in [0.29, 0.717) is 6.42 Å². The quantitative estimate of drug-likeness (QED) is 0.825. The lowest BCUT2D eigenvalue weighted by atomic mass is 10.0. The van der Waals surface area contributed by atoms with Crippen molar-refractivity contribution in [3.05, 3.63) is 16.1 Å². The van der Waals surface area contributed by atoms with Crippen LogP contribution in [0.25, 0.3) is 0 Å². The van der Waals surface area contributed by atoms with Gasteiger partial charge in [-0.1, -0.05) is 6.92 Å². The van der Waals surface area contributed by atoms with Gasteiger partial charge in [-0.3, -0.25) is 4.90 Å². The summed E-state index contributed by atoms with van der Waals surface area (Å²) in [6.07, 6.45) is 1.47. The molecule has 0 bridgehead atoms. The lowest BCUT2D eigenvalue weighted by molar-refractivity contribution is -0.0756. The first-order chi connectivity index (χ1) is 8.03. The standard InChI is InChI=1S/C12H18F2N2S/c1-3-10(11-9(2)15-8-17-11)16-6-4-5-12(13,14)7-16/h8,10H,3-7H2,1-2H3. The molecule has 0 spiro atoms. The van der Waals surface area contributed by atoms with Gasteiger partial charge in [-0.2, -0.15) is 0 Å². The Hall–Kier alpha value is -0.550. The molecule has 0 saturated carbocycles. The predicted molar refractivity (Wildman–Crippen MR) is 65.6 cm³/mol. The molecule has 2 heterocycles. The molecule has 0 N–H and O–H groups in total. The Bertz CT molecular complexity index is 378. The Balaban J connectivity index is 2.16. The van der Waals surface area contributed by atoms with Gasteiger partial charge in [0, 0.05) is 17.3 Å². The second-order valence-electron chi connectivity index (χ2n) is 4.66. The summed E-state index contributed by atoms with van der Waals surface area (Å²) in [7, 11) is 0. The molecule has 5 heteroatoms. The van der Waals surface area contributed by atoms with Gasteiger partial charge in [0.05, 0.1) is 17.7 Å². The summed E-state index contributed by atoms with van der Waals surface area (Å²) in [4.78, 5) is 7.29. The molecule has 1 aliphatic heterocycles. The molecule has 0 aliphatic carbocycles. The first-order valence-corrected chi connectivity index (χ1v) is 6.93. The van der Waals surface area contributed by atoms with Crippen molar-refractivity contribution in [2.75, 3.05) is 13.1 Å². The van der Waals surface area contributed by atoms with Gasteiger partial charge < -0.3 is 0 Å². The number of hydrogen-bond acceptors (Lipinski definition) is 3. The number of thiazole rings is 1. The number of aryl methyl sites for hydroxylation is 1. The lowest BCUT2D eigenvalue weighted by Crippen LogP contribution is -2.44. The second-order valence-corrected chi connectivity index (χ2v) is 5.54. The van der Waals surface area contributed by atoms with Gasteiger partial charge in [0.2, 0.25) is 0 Å². The van der Waals surface area contributed by atoms with Crippen molar-refractivity contribution >= 4 is 11.3 Å². The van der Waals surface area contributed by atoms with Crippen molar-refractivity contribution in [3.63, 3.8) is 0 Å². The van der Waals surface area contributed by atoms with E-state index in [9.17, 15) is 8.78 Å². The zero-order valence-corrected chi connectivity index (χ0v) is 11.1. The summed E-state index contributed by atoms with van der Waals surface area (Å²) in [5.74, 6) is -2.52. The molecule has 17 heavy (non-hydrogen) atoms. The van der Waals surface area contributed by atoms with Crippen LogP contribution in [0.4, 0.5) is 8.78 Å². The maximum atomic E-state index is 13.4. The SMILES string of the molecule is CCC(c1scnc1C)N1CCCC(F)(F)C1. The molecule has 2 rings (SSSR count). The molecule has 2 nitrogen and oxygen atoms in total. The molecule has 1 unspecified atom stereocenters. The van der Waals surface area contributed by atoms with E-state index < -0.39 is 5.92 Å². The van der Waals surface area contributed by atoms with Crippen molar-refractivity contribution in [1.29, 1.82) is 0 Å². The number of piperidine rings is 1. The van der Waals surface area contributed by atoms with E-state index in [0.717, 1.165) is 23.5 Å². The zero-order chi connectivity index (χ0) is 12.5. The fourth-order valence-electron chi connectivity index (χ4n) is 2.50. The third-order valence-corrected chi connectivity index (χ3v) is 4.37. The molecule has 1 atom stereocenters. The second kappa shape index (κ2) is 4.98. The average molecular weight is 260 g/mol. The van der Waals surface area contributed by atoms with Gasteiger partial charge in [0.25, 0.3) is 5.92 Å². The van der Waals surface area contributed by atoms with Gasteiger partial charge in [-0.25, -0.2) is 13.8 Å². The fourth-order valence-corrected chi connectivity index (χ4v) is 3.52. The van der Waals surface area contributed by atoms with Crippen molar-refractivity contribution in [2.45, 2.75) is 45.1 Å². The Morgan fingerprint density at radius 1 is 1.59 bits per heavy atom. The first-order valence-electron chi connectivity index (χ1n) is 6.05. The van der Waals surface area contributed by atoms with Gasteiger partial charge in [-0.15, -0.1) is 11.3 Å². The van der Waals surface area contributed by atoms with E-state index in [2.05, 4.69) is 11.9 Å². The van der Waals surface area contributed by atoms with Crippen molar-refractivity contribution < 1.29 is 8.78 Å². The van der Waals surface area contributed by atoms with Crippen LogP contribution >= 0.6 is 11.3 Å². The van der Waals surface area contributed by atoms with E-state index >= 15 is 0 Å². The molecule has 1 saturated heterocycles. The van der Waals surface area contributed by atoms with Crippen LogP contribution in [-0.4, -0.2) is 28.9 Å². The summed E-state index contributed by atoms with van der Waals surface area (Å²) in [6, 6.07) is 0.105. The average Bonchev–Trinajstić information content (AvgIpc) is 2.65. The molecular weight excluding hydrogens is 242 g/mol. The van der Waals surface area contributed by atoms with Crippen molar-refractivity contribution in [3.8, 4) is 0 Å². The number of nitrogens with zero attached hydrogens (tertiary/aromatic N) is 2. The third kappa shape index (κ3) is 2.83. The molecule has 1 fully saturated rings. The van der Waals surface area contributed by atoms with E-state index in [1.807, 2.05) is 11.8 Å². The van der Waals surface area contributed by atoms with Crippen LogP contribution in [0.5, 0.6) is 0 Å². The van der Waals surface area contributed by atoms with Crippen LogP contribution in [0.15, 0.2) is 5.51 Å². The largest absolute Gasteiger partial charge is 0.290 e. The Labute approximate surface area is 105 Å². The molecule has 1 aliphatic rings. The van der Waals surface area contributed by atoms with E-state index in [-0.39, 0.29) is 19.0 Å². The summed E-state index contributed by atoms with van der Waals surface area (Å²) in [6.45, 7) is 4.67. The first kappa shape index (κ1) is 12.9. The maximum absolute atomic E-state index is 13.4. The van der Waals surface area contributed by atoms with Gasteiger partial charge in [0.15, 0.2) is 0 Å². The van der Waals surface area contributed by atoms with Crippen LogP contribution in [0.3, 0.4) is 0 Å². The monoisotopic (exact) mass is 260 g/mol. The fraction of sp³-hybridized carbons (Fsp3) is 0.750. The minimum Gasteiger partial charge on any atom is -0.290 e. The van der Waals surface area contributed by atoms with E-state index in [1.165, 1.54) is 0 Å². The van der Waals surface area contributed by atoms with Crippen LogP contribution in [0.2, 0.25) is 0 Å². The summed E-state index contributed by atoms with van der Waals surface area (Å²) >= 11 is 1.58. The minimum atomic E-state index is -2.52. The molecular formula is C12H18F2N2S. The molecule has 0 aromatic carbocycles. The van der Waals surface area contributed by atoms with Crippen molar-refractivity contribution in [2.24, 2.45) is 0 Å². The smallest absolute Gasteiger partial charge is 0.260 e. The highest BCUT2D eigenvalue weighted by Crippen LogP contribution is 2.36. The van der Waals surface area contributed by atoms with Crippen LogP contribution in [0, 0.1) is 6.92 Å². The topological polar surface area (TPSA) is 16.1 Å². The predicted octanol–water partition coefficient (Wildman–Crippen LogP) is 3.63. The molecule has 1 aromatic rings. The molecule has 0 radical (unpaired) electrons. The third-order valence-electron chi connectivity index (χ3n) is 3.34. The summed E-state index contributed by atoms with van der Waals surface area (Å²) < 4.78 is 26.9. The molecule has 0 amide bonds. The Morgan fingerprint density at radius 2 is 2.35 bits per heavy atom. The number of aromatic nitrogens is 1. The zero-order valence-electron chi connectivity index (χ0n) is 10.2. The Morgan fingerprint density at radius 3 is 2.88 bits per heavy atom. The number of alkyl halides is 2. The van der Waals surface area contributed by atoms with Gasteiger partial charge in [-0.05, 0) is 26.3 Å². The van der Waals surface area contributed by atoms with Crippen LogP contribution < -0.4 is 0 Å². The number of likely N-dealkylation sites (tertiary alicyclic amines) is 1. The number of halogens is 2. The number of hydrogen-bond donors (Lipinski definition) is 0. The summed E-state index contributed by atoms with van der Waals surface area (Å²) in [5, 5.41) is 0. The van der Waals surface area contributed by atoms with E-state index in [4.69, 9.17) is 0 Å². The summed E-state index contributed by atoms with van der Waals surface area (Å²) in [5.41, 5.74) is 2.78. The van der Waals surface area contributed by atoms with Gasteiger partial charge >= 0.3 is 0 Å². The number of rotatable bonds is 3. The maximum Gasteiger partial charge on any atom is 0.260 e. The molecule has 96 valence electrons. The highest BCUT2D eigenvalue weighted by molar-refractivity contribution is 7.09.